The summed E-state index contributed by atoms with van der Waals surface area (Å²) in [5.41, 5.74) is 0. The number of carbonyl (C=O) groups is 1. The van der Waals surface area contributed by atoms with Crippen LogP contribution in [0.2, 0.25) is 0 Å². The third-order valence-electron chi connectivity index (χ3n) is 2.11. The van der Waals surface area contributed by atoms with Gasteiger partial charge in [-0.2, -0.15) is 0 Å². The standard InChI is InChI=1S/C10H19N5O2/c1-4-11-7-8-13-14-10(17-8)12-6-5-9(16)15(2)3/h11H,4-7H2,1-3H3,(H,12,14). The molecule has 0 bridgehead atoms. The molecule has 0 aliphatic carbocycles. The molecule has 0 aliphatic rings. The molecule has 0 fully saturated rings. The van der Waals surface area contributed by atoms with Gasteiger partial charge >= 0.3 is 6.01 Å². The van der Waals surface area contributed by atoms with Gasteiger partial charge in [0.2, 0.25) is 11.8 Å². The first-order valence-corrected chi connectivity index (χ1v) is 5.60. The van der Waals surface area contributed by atoms with Crippen molar-refractivity contribution in [3.05, 3.63) is 5.89 Å². The molecule has 0 aromatic carbocycles. The number of hydrogen-bond donors (Lipinski definition) is 2. The van der Waals surface area contributed by atoms with E-state index in [1.165, 1.54) is 0 Å². The molecule has 7 nitrogen and oxygen atoms in total. The lowest BCUT2D eigenvalue weighted by Crippen LogP contribution is -2.23. The fraction of sp³-hybridized carbons (Fsp3) is 0.700. The number of carbonyl (C=O) groups excluding carboxylic acids is 1. The molecule has 96 valence electrons. The molecule has 1 aromatic heterocycles. The molecule has 1 aromatic rings. The minimum atomic E-state index is 0.0601. The second-order valence-corrected chi connectivity index (χ2v) is 3.75. The maximum atomic E-state index is 11.3. The van der Waals surface area contributed by atoms with Crippen LogP contribution in [0.5, 0.6) is 0 Å². The molecule has 1 amide bonds. The summed E-state index contributed by atoms with van der Waals surface area (Å²) in [6.07, 6.45) is 0.401. The fourth-order valence-corrected chi connectivity index (χ4v) is 1.13. The highest BCUT2D eigenvalue weighted by Gasteiger charge is 2.06. The summed E-state index contributed by atoms with van der Waals surface area (Å²) in [4.78, 5) is 12.8. The van der Waals surface area contributed by atoms with Gasteiger partial charge in [0, 0.05) is 27.1 Å². The highest BCUT2D eigenvalue weighted by molar-refractivity contribution is 5.75. The average molecular weight is 241 g/mol. The van der Waals surface area contributed by atoms with Gasteiger partial charge in [0.25, 0.3) is 0 Å². The van der Waals surface area contributed by atoms with Gasteiger partial charge in [-0.1, -0.05) is 12.0 Å². The van der Waals surface area contributed by atoms with Crippen LogP contribution >= 0.6 is 0 Å². The lowest BCUT2D eigenvalue weighted by molar-refractivity contribution is -0.128. The highest BCUT2D eigenvalue weighted by Crippen LogP contribution is 2.04. The molecule has 2 N–H and O–H groups in total. The van der Waals surface area contributed by atoms with Gasteiger partial charge in [-0.25, -0.2) is 0 Å². The molecule has 0 aliphatic heterocycles. The first-order valence-electron chi connectivity index (χ1n) is 5.60. The predicted octanol–water partition coefficient (Wildman–Crippen LogP) is 0.0693. The van der Waals surface area contributed by atoms with Crippen LogP contribution < -0.4 is 10.6 Å². The summed E-state index contributed by atoms with van der Waals surface area (Å²) in [7, 11) is 3.45. The number of rotatable bonds is 7. The summed E-state index contributed by atoms with van der Waals surface area (Å²) in [5, 5.41) is 13.7. The Bertz CT molecular complexity index is 350. The number of amides is 1. The molecule has 0 saturated heterocycles. The van der Waals surface area contributed by atoms with Gasteiger partial charge in [0.1, 0.15) is 0 Å². The molecule has 0 saturated carbocycles. The molecular formula is C10H19N5O2. The number of aromatic nitrogens is 2. The molecule has 1 rings (SSSR count). The highest BCUT2D eigenvalue weighted by atomic mass is 16.4. The van der Waals surface area contributed by atoms with E-state index in [1.807, 2.05) is 6.92 Å². The molecule has 7 heteroatoms. The first kappa shape index (κ1) is 13.4. The molecule has 0 unspecified atom stereocenters. The maximum absolute atomic E-state index is 11.3. The lowest BCUT2D eigenvalue weighted by Gasteiger charge is -2.09. The average Bonchev–Trinajstić information content (AvgIpc) is 2.74. The molecule has 0 radical (unpaired) electrons. The third-order valence-corrected chi connectivity index (χ3v) is 2.11. The Morgan fingerprint density at radius 2 is 2.18 bits per heavy atom. The van der Waals surface area contributed by atoms with Gasteiger partial charge in [0.15, 0.2) is 0 Å². The lowest BCUT2D eigenvalue weighted by atomic mass is 10.4. The zero-order chi connectivity index (χ0) is 12.7. The van der Waals surface area contributed by atoms with Crippen molar-refractivity contribution < 1.29 is 9.21 Å². The Morgan fingerprint density at radius 1 is 1.41 bits per heavy atom. The summed E-state index contributed by atoms with van der Waals surface area (Å²) in [6.45, 7) is 3.90. The molecular weight excluding hydrogens is 222 g/mol. The van der Waals surface area contributed by atoms with Gasteiger partial charge in [-0.15, -0.1) is 5.10 Å². The van der Waals surface area contributed by atoms with Crippen LogP contribution in [0, 0.1) is 0 Å². The van der Waals surface area contributed by atoms with E-state index in [0.717, 1.165) is 6.54 Å². The smallest absolute Gasteiger partial charge is 0.315 e. The second kappa shape index (κ2) is 6.85. The topological polar surface area (TPSA) is 83.3 Å². The predicted molar refractivity (Wildman–Crippen MR) is 63.5 cm³/mol. The van der Waals surface area contributed by atoms with Crippen LogP contribution in [0.1, 0.15) is 19.2 Å². The number of anilines is 1. The molecule has 17 heavy (non-hydrogen) atoms. The van der Waals surface area contributed by atoms with Gasteiger partial charge in [-0.05, 0) is 6.54 Å². The van der Waals surface area contributed by atoms with E-state index in [0.29, 0.717) is 31.4 Å². The zero-order valence-corrected chi connectivity index (χ0v) is 10.5. The Morgan fingerprint density at radius 3 is 2.82 bits per heavy atom. The minimum Gasteiger partial charge on any atom is -0.407 e. The van der Waals surface area contributed by atoms with Gasteiger partial charge < -0.3 is 20.0 Å². The van der Waals surface area contributed by atoms with Crippen LogP contribution in [-0.2, 0) is 11.3 Å². The fourth-order valence-electron chi connectivity index (χ4n) is 1.13. The molecule has 1 heterocycles. The first-order chi connectivity index (χ1) is 8.13. The van der Waals surface area contributed by atoms with Crippen molar-refractivity contribution in [3.8, 4) is 0 Å². The largest absolute Gasteiger partial charge is 0.407 e. The monoisotopic (exact) mass is 241 g/mol. The number of hydrogen-bond acceptors (Lipinski definition) is 6. The van der Waals surface area contributed by atoms with E-state index in [2.05, 4.69) is 20.8 Å². The summed E-state index contributed by atoms with van der Waals surface area (Å²) in [5.74, 6) is 0.596. The van der Waals surface area contributed by atoms with Gasteiger partial charge in [0.05, 0.1) is 6.54 Å². The van der Waals surface area contributed by atoms with E-state index in [4.69, 9.17) is 4.42 Å². The van der Waals surface area contributed by atoms with Crippen molar-refractivity contribution in [2.45, 2.75) is 19.9 Å². The Labute approximate surface area is 101 Å². The quantitative estimate of drug-likeness (QED) is 0.703. The van der Waals surface area contributed by atoms with Crippen LogP contribution in [-0.4, -0.2) is 48.2 Å². The van der Waals surface area contributed by atoms with Gasteiger partial charge in [-0.3, -0.25) is 4.79 Å². The maximum Gasteiger partial charge on any atom is 0.315 e. The Balaban J connectivity index is 2.27. The van der Waals surface area contributed by atoms with E-state index < -0.39 is 0 Å². The molecule has 0 atom stereocenters. The zero-order valence-electron chi connectivity index (χ0n) is 10.5. The minimum absolute atomic E-state index is 0.0601. The van der Waals surface area contributed by atoms with Crippen molar-refractivity contribution in [3.63, 3.8) is 0 Å². The van der Waals surface area contributed by atoms with Crippen molar-refractivity contribution >= 4 is 11.9 Å². The van der Waals surface area contributed by atoms with Crippen molar-refractivity contribution in [1.29, 1.82) is 0 Å². The molecule has 0 spiro atoms. The summed E-state index contributed by atoms with van der Waals surface area (Å²) in [6, 6.07) is 0.351. The van der Waals surface area contributed by atoms with Crippen LogP contribution in [0.4, 0.5) is 6.01 Å². The number of nitrogens with one attached hydrogen (secondary N) is 2. The summed E-state index contributed by atoms with van der Waals surface area (Å²) < 4.78 is 5.31. The number of nitrogens with zero attached hydrogens (tertiary/aromatic N) is 3. The normalized spacial score (nSPS) is 10.3. The Kier molecular flexibility index (Phi) is 5.41. The van der Waals surface area contributed by atoms with Crippen LogP contribution in [0.3, 0.4) is 0 Å². The van der Waals surface area contributed by atoms with Crippen molar-refractivity contribution in [2.24, 2.45) is 0 Å². The van der Waals surface area contributed by atoms with Crippen LogP contribution in [0.25, 0.3) is 0 Å². The third kappa shape index (κ3) is 4.81. The van der Waals surface area contributed by atoms with Crippen molar-refractivity contribution in [1.82, 2.24) is 20.4 Å². The van der Waals surface area contributed by atoms with E-state index in [1.54, 1.807) is 19.0 Å². The summed E-state index contributed by atoms with van der Waals surface area (Å²) >= 11 is 0. The van der Waals surface area contributed by atoms with E-state index >= 15 is 0 Å². The Hall–Kier alpha value is -1.63. The SMILES string of the molecule is CCNCc1nnc(NCCC(=O)N(C)C)o1. The van der Waals surface area contributed by atoms with Crippen molar-refractivity contribution in [2.75, 3.05) is 32.5 Å². The van der Waals surface area contributed by atoms with Crippen LogP contribution in [0.15, 0.2) is 4.42 Å². The van der Waals surface area contributed by atoms with E-state index in [-0.39, 0.29) is 5.91 Å². The second-order valence-electron chi connectivity index (χ2n) is 3.75. The van der Waals surface area contributed by atoms with E-state index in [9.17, 15) is 4.79 Å².